The number of hydrogen-bond acceptors (Lipinski definition) is 5. The summed E-state index contributed by atoms with van der Waals surface area (Å²) in [5, 5.41) is -0.375. The van der Waals surface area contributed by atoms with Crippen LogP contribution in [0, 0.1) is 0 Å². The van der Waals surface area contributed by atoms with Gasteiger partial charge in [-0.05, 0) is 13.3 Å². The fourth-order valence-electron chi connectivity index (χ4n) is 2.02. The summed E-state index contributed by atoms with van der Waals surface area (Å²) in [5.74, 6) is 1.65. The van der Waals surface area contributed by atoms with Gasteiger partial charge in [0.1, 0.15) is 5.37 Å². The van der Waals surface area contributed by atoms with Gasteiger partial charge in [-0.3, -0.25) is 4.90 Å². The Bertz CT molecular complexity index is 326. The Balaban J connectivity index is 2.99. The van der Waals surface area contributed by atoms with Crippen LogP contribution in [-0.2, 0) is 9.84 Å². The van der Waals surface area contributed by atoms with Crippen LogP contribution in [0.1, 0.15) is 20.3 Å². The van der Waals surface area contributed by atoms with Crippen LogP contribution >= 0.6 is 11.8 Å². The minimum Gasteiger partial charge on any atom is -0.329 e. The zero-order chi connectivity index (χ0) is 12.4. The molecule has 2 unspecified atom stereocenters. The number of nitrogens with zero attached hydrogens (tertiary/aromatic N) is 1. The smallest absolute Gasteiger partial charge is 0.164 e. The minimum atomic E-state index is -3.03. The fourth-order valence-corrected chi connectivity index (χ4v) is 4.99. The van der Waals surface area contributed by atoms with Crippen LogP contribution in [0.25, 0.3) is 0 Å². The molecule has 2 N–H and O–H groups in total. The van der Waals surface area contributed by atoms with Gasteiger partial charge in [0, 0.05) is 36.4 Å². The maximum Gasteiger partial charge on any atom is 0.164 e. The van der Waals surface area contributed by atoms with E-state index in [2.05, 4.69) is 18.7 Å². The molecule has 0 bridgehead atoms. The van der Waals surface area contributed by atoms with Gasteiger partial charge in [0.2, 0.25) is 0 Å². The molecule has 1 saturated heterocycles. The van der Waals surface area contributed by atoms with E-state index in [1.807, 2.05) is 0 Å². The second kappa shape index (κ2) is 5.25. The molecule has 0 radical (unpaired) electrons. The summed E-state index contributed by atoms with van der Waals surface area (Å²) < 4.78 is 23.6. The van der Waals surface area contributed by atoms with E-state index in [0.717, 1.165) is 18.7 Å². The maximum absolute atomic E-state index is 11.8. The van der Waals surface area contributed by atoms with E-state index >= 15 is 0 Å². The van der Waals surface area contributed by atoms with Crippen LogP contribution in [0.5, 0.6) is 0 Å². The molecule has 16 heavy (non-hydrogen) atoms. The molecule has 2 atom stereocenters. The highest BCUT2D eigenvalue weighted by Crippen LogP contribution is 2.29. The van der Waals surface area contributed by atoms with Gasteiger partial charge in [-0.25, -0.2) is 8.42 Å². The summed E-state index contributed by atoms with van der Waals surface area (Å²) in [6.07, 6.45) is 2.20. The van der Waals surface area contributed by atoms with Crippen molar-refractivity contribution < 1.29 is 8.42 Å². The molecule has 96 valence electrons. The Morgan fingerprint density at radius 1 is 1.56 bits per heavy atom. The molecule has 0 saturated carbocycles. The normalized spacial score (nSPS) is 27.6. The highest BCUT2D eigenvalue weighted by molar-refractivity contribution is 8.00. The van der Waals surface area contributed by atoms with Crippen molar-refractivity contribution in [3.63, 3.8) is 0 Å². The highest BCUT2D eigenvalue weighted by atomic mass is 32.2. The predicted molar refractivity (Wildman–Crippen MR) is 70.4 cm³/mol. The molecular formula is C10H22N2O2S2. The Morgan fingerprint density at radius 2 is 2.19 bits per heavy atom. The summed E-state index contributed by atoms with van der Waals surface area (Å²) in [7, 11) is -3.03. The van der Waals surface area contributed by atoms with E-state index in [9.17, 15) is 8.42 Å². The van der Waals surface area contributed by atoms with Crippen LogP contribution in [-0.4, -0.2) is 55.1 Å². The quantitative estimate of drug-likeness (QED) is 0.804. The van der Waals surface area contributed by atoms with E-state index in [0.29, 0.717) is 12.3 Å². The molecular weight excluding hydrogens is 244 g/mol. The van der Waals surface area contributed by atoms with Crippen molar-refractivity contribution in [1.29, 1.82) is 0 Å². The van der Waals surface area contributed by atoms with Crippen molar-refractivity contribution in [3.8, 4) is 0 Å². The zero-order valence-electron chi connectivity index (χ0n) is 10.3. The fraction of sp³-hybridized carbons (Fsp3) is 1.00. The third kappa shape index (κ3) is 2.91. The van der Waals surface area contributed by atoms with Crippen molar-refractivity contribution >= 4 is 21.6 Å². The summed E-state index contributed by atoms with van der Waals surface area (Å²) in [4.78, 5) is 2.08. The zero-order valence-corrected chi connectivity index (χ0v) is 11.9. The first-order valence-corrected chi connectivity index (χ1v) is 8.69. The molecule has 0 amide bonds. The molecule has 1 fully saturated rings. The molecule has 1 aliphatic heterocycles. The van der Waals surface area contributed by atoms with Crippen LogP contribution in [0.2, 0.25) is 0 Å². The lowest BCUT2D eigenvalue weighted by atomic mass is 9.96. The van der Waals surface area contributed by atoms with Gasteiger partial charge in [0.05, 0.1) is 0 Å². The molecule has 1 rings (SSSR count). The number of rotatable bonds is 4. The van der Waals surface area contributed by atoms with Crippen LogP contribution < -0.4 is 5.73 Å². The molecule has 6 heteroatoms. The Labute approximate surface area is 103 Å². The average Bonchev–Trinajstić information content (AvgIpc) is 2.27. The van der Waals surface area contributed by atoms with Crippen molar-refractivity contribution in [2.45, 2.75) is 31.2 Å². The summed E-state index contributed by atoms with van der Waals surface area (Å²) in [6, 6.07) is 0. The first-order valence-electron chi connectivity index (χ1n) is 5.58. The first kappa shape index (κ1) is 14.3. The minimum absolute atomic E-state index is 0.200. The SMILES string of the molecule is CCC(C)(CN)N1CCSCC1S(C)(=O)=O. The van der Waals surface area contributed by atoms with Crippen molar-refractivity contribution in [3.05, 3.63) is 0 Å². The largest absolute Gasteiger partial charge is 0.329 e. The van der Waals surface area contributed by atoms with E-state index in [4.69, 9.17) is 5.73 Å². The second-order valence-electron chi connectivity index (χ2n) is 4.61. The molecule has 1 aliphatic rings. The first-order chi connectivity index (χ1) is 7.35. The van der Waals surface area contributed by atoms with Crippen molar-refractivity contribution in [1.82, 2.24) is 4.90 Å². The summed E-state index contributed by atoms with van der Waals surface area (Å²) >= 11 is 1.71. The molecule has 0 spiro atoms. The lowest BCUT2D eigenvalue weighted by Crippen LogP contribution is -2.60. The monoisotopic (exact) mass is 266 g/mol. The predicted octanol–water partition coefficient (Wildman–Crippen LogP) is 0.533. The van der Waals surface area contributed by atoms with Gasteiger partial charge in [0.25, 0.3) is 0 Å². The number of nitrogens with two attached hydrogens (primary N) is 1. The van der Waals surface area contributed by atoms with E-state index < -0.39 is 9.84 Å². The molecule has 0 aromatic rings. The highest BCUT2D eigenvalue weighted by Gasteiger charge is 2.40. The molecule has 0 aromatic heterocycles. The maximum atomic E-state index is 11.8. The van der Waals surface area contributed by atoms with Crippen LogP contribution in [0.4, 0.5) is 0 Å². The molecule has 0 aromatic carbocycles. The molecule has 0 aliphatic carbocycles. The van der Waals surface area contributed by atoms with Gasteiger partial charge in [-0.15, -0.1) is 0 Å². The van der Waals surface area contributed by atoms with Gasteiger partial charge in [0.15, 0.2) is 9.84 Å². The average molecular weight is 266 g/mol. The molecule has 1 heterocycles. The van der Waals surface area contributed by atoms with Crippen molar-refractivity contribution in [2.24, 2.45) is 5.73 Å². The van der Waals surface area contributed by atoms with E-state index in [1.54, 1.807) is 11.8 Å². The summed E-state index contributed by atoms with van der Waals surface area (Å²) in [5.41, 5.74) is 5.61. The van der Waals surface area contributed by atoms with E-state index in [-0.39, 0.29) is 10.9 Å². The van der Waals surface area contributed by atoms with Gasteiger partial charge < -0.3 is 5.73 Å². The van der Waals surface area contributed by atoms with Gasteiger partial charge in [-0.2, -0.15) is 11.8 Å². The lowest BCUT2D eigenvalue weighted by Gasteiger charge is -2.46. The third-order valence-corrected chi connectivity index (χ3v) is 6.12. The third-order valence-electron chi connectivity index (χ3n) is 3.47. The number of thioether (sulfide) groups is 1. The van der Waals surface area contributed by atoms with E-state index in [1.165, 1.54) is 6.26 Å². The van der Waals surface area contributed by atoms with Crippen LogP contribution in [0.15, 0.2) is 0 Å². The van der Waals surface area contributed by atoms with Crippen LogP contribution in [0.3, 0.4) is 0 Å². The second-order valence-corrected chi connectivity index (χ2v) is 7.96. The number of hydrogen-bond donors (Lipinski definition) is 1. The Hall–Kier alpha value is 0.220. The Kier molecular flexibility index (Phi) is 4.68. The Morgan fingerprint density at radius 3 is 2.62 bits per heavy atom. The van der Waals surface area contributed by atoms with Crippen molar-refractivity contribution in [2.75, 3.05) is 30.9 Å². The van der Waals surface area contributed by atoms with Gasteiger partial charge in [-0.1, -0.05) is 6.92 Å². The standard InChI is InChI=1S/C10H22N2O2S2/c1-4-10(2,8-11)12-5-6-15-7-9(12)16(3,13)14/h9H,4-8,11H2,1-3H3. The lowest BCUT2D eigenvalue weighted by molar-refractivity contribution is 0.102. The van der Waals surface area contributed by atoms with Gasteiger partial charge >= 0.3 is 0 Å². The molecule has 4 nitrogen and oxygen atoms in total. The summed E-state index contributed by atoms with van der Waals surface area (Å²) in [6.45, 7) is 5.43. The number of sulfone groups is 1. The topological polar surface area (TPSA) is 63.4 Å².